The van der Waals surface area contributed by atoms with E-state index in [1.165, 1.54) is 19.3 Å². The first-order valence-electron chi connectivity index (χ1n) is 9.53. The van der Waals surface area contributed by atoms with Gasteiger partial charge in [0.05, 0.1) is 24.5 Å². The summed E-state index contributed by atoms with van der Waals surface area (Å²) in [5, 5.41) is 12.6. The molecule has 2 N–H and O–H groups in total. The summed E-state index contributed by atoms with van der Waals surface area (Å²) in [4.78, 5) is 21.2. The minimum atomic E-state index is -0.250. The van der Waals surface area contributed by atoms with E-state index in [1.54, 1.807) is 6.20 Å². The van der Waals surface area contributed by atoms with Gasteiger partial charge in [0.15, 0.2) is 0 Å². The van der Waals surface area contributed by atoms with Crippen LogP contribution in [0.5, 0.6) is 0 Å². The molecule has 1 aromatic heterocycles. The van der Waals surface area contributed by atoms with E-state index in [0.717, 1.165) is 50.5 Å². The number of nitrogens with zero attached hydrogens (tertiary/aromatic N) is 3. The second-order valence-corrected chi connectivity index (χ2v) is 7.36. The Morgan fingerprint density at radius 2 is 1.96 bits per heavy atom. The summed E-state index contributed by atoms with van der Waals surface area (Å²) < 4.78 is 0. The van der Waals surface area contributed by atoms with Crippen LogP contribution in [-0.2, 0) is 4.79 Å². The number of amides is 1. The lowest BCUT2D eigenvalue weighted by atomic mass is 9.92. The third-order valence-corrected chi connectivity index (χ3v) is 5.39. The molecule has 2 aliphatic heterocycles. The molecule has 1 atom stereocenters. The Balaban J connectivity index is 1.45. The maximum atomic E-state index is 12.2. The van der Waals surface area contributed by atoms with Crippen molar-refractivity contribution >= 4 is 17.4 Å². The fourth-order valence-electron chi connectivity index (χ4n) is 3.77. The standard InChI is InChI=1S/C19H30N4O2/c1-15(24)16-7-11-22(12-8-16)14-19(25)21-17-5-6-18(20-13-17)23-9-3-2-4-10-23/h5-6,13,15-16,24H,2-4,7-12,14H2,1H3,(H,21,25). The molecule has 1 aromatic rings. The van der Waals surface area contributed by atoms with Gasteiger partial charge in [-0.15, -0.1) is 0 Å². The van der Waals surface area contributed by atoms with Gasteiger partial charge in [0.1, 0.15) is 5.82 Å². The molecule has 0 bridgehead atoms. The number of aromatic nitrogens is 1. The van der Waals surface area contributed by atoms with Crippen LogP contribution in [0.4, 0.5) is 11.5 Å². The molecule has 3 heterocycles. The molecule has 25 heavy (non-hydrogen) atoms. The van der Waals surface area contributed by atoms with Crippen LogP contribution in [0, 0.1) is 5.92 Å². The highest BCUT2D eigenvalue weighted by atomic mass is 16.3. The molecule has 1 amide bonds. The molecular weight excluding hydrogens is 316 g/mol. The van der Waals surface area contributed by atoms with Crippen molar-refractivity contribution in [1.29, 1.82) is 0 Å². The summed E-state index contributed by atoms with van der Waals surface area (Å²) in [6.45, 7) is 6.14. The molecule has 1 unspecified atom stereocenters. The molecule has 2 aliphatic rings. The van der Waals surface area contributed by atoms with Crippen molar-refractivity contribution in [3.05, 3.63) is 18.3 Å². The Labute approximate surface area is 150 Å². The molecule has 6 nitrogen and oxygen atoms in total. The number of nitrogens with one attached hydrogen (secondary N) is 1. The largest absolute Gasteiger partial charge is 0.393 e. The summed E-state index contributed by atoms with van der Waals surface area (Å²) in [5.74, 6) is 1.37. The number of carbonyl (C=O) groups is 1. The zero-order chi connectivity index (χ0) is 17.6. The normalized spacial score (nSPS) is 21.1. The number of rotatable bonds is 5. The van der Waals surface area contributed by atoms with Gasteiger partial charge in [-0.2, -0.15) is 0 Å². The number of aliphatic hydroxyl groups excluding tert-OH is 1. The van der Waals surface area contributed by atoms with E-state index in [0.29, 0.717) is 12.5 Å². The highest BCUT2D eigenvalue weighted by Crippen LogP contribution is 2.21. The average molecular weight is 346 g/mol. The molecule has 0 radical (unpaired) electrons. The van der Waals surface area contributed by atoms with Gasteiger partial charge in [-0.3, -0.25) is 9.69 Å². The van der Waals surface area contributed by atoms with Crippen molar-refractivity contribution < 1.29 is 9.90 Å². The minimum Gasteiger partial charge on any atom is -0.393 e. The second-order valence-electron chi connectivity index (χ2n) is 7.36. The summed E-state index contributed by atoms with van der Waals surface area (Å²) in [5.41, 5.74) is 0.754. The fourth-order valence-corrected chi connectivity index (χ4v) is 3.77. The lowest BCUT2D eigenvalue weighted by Crippen LogP contribution is -2.41. The summed E-state index contributed by atoms with van der Waals surface area (Å²) >= 11 is 0. The molecular formula is C19H30N4O2. The Morgan fingerprint density at radius 3 is 2.56 bits per heavy atom. The van der Waals surface area contributed by atoms with Crippen molar-refractivity contribution in [2.24, 2.45) is 5.92 Å². The number of anilines is 2. The summed E-state index contributed by atoms with van der Waals surface area (Å²) in [6.07, 6.45) is 7.17. The number of hydrogen-bond donors (Lipinski definition) is 2. The van der Waals surface area contributed by atoms with Gasteiger partial charge in [0.2, 0.25) is 5.91 Å². The number of pyridine rings is 1. The third-order valence-electron chi connectivity index (χ3n) is 5.39. The smallest absolute Gasteiger partial charge is 0.238 e. The van der Waals surface area contributed by atoms with Crippen molar-refractivity contribution in [3.8, 4) is 0 Å². The van der Waals surface area contributed by atoms with Gasteiger partial charge in [-0.25, -0.2) is 4.98 Å². The van der Waals surface area contributed by atoms with Crippen LogP contribution in [0.1, 0.15) is 39.0 Å². The van der Waals surface area contributed by atoms with Crippen LogP contribution in [0.3, 0.4) is 0 Å². The zero-order valence-corrected chi connectivity index (χ0v) is 15.2. The van der Waals surface area contributed by atoms with E-state index >= 15 is 0 Å². The van der Waals surface area contributed by atoms with Gasteiger partial charge in [0.25, 0.3) is 0 Å². The predicted octanol–water partition coefficient (Wildman–Crippen LogP) is 2.10. The van der Waals surface area contributed by atoms with Gasteiger partial charge >= 0.3 is 0 Å². The van der Waals surface area contributed by atoms with E-state index in [4.69, 9.17) is 0 Å². The molecule has 0 aromatic carbocycles. The number of hydrogen-bond acceptors (Lipinski definition) is 5. The highest BCUT2D eigenvalue weighted by Gasteiger charge is 2.23. The molecule has 0 aliphatic carbocycles. The Hall–Kier alpha value is -1.66. The van der Waals surface area contributed by atoms with Crippen LogP contribution in [0.15, 0.2) is 18.3 Å². The molecule has 2 saturated heterocycles. The topological polar surface area (TPSA) is 68.7 Å². The maximum Gasteiger partial charge on any atom is 0.238 e. The Morgan fingerprint density at radius 1 is 1.24 bits per heavy atom. The first-order chi connectivity index (χ1) is 12.1. The fraction of sp³-hybridized carbons (Fsp3) is 0.684. The van der Waals surface area contributed by atoms with Crippen molar-refractivity contribution in [1.82, 2.24) is 9.88 Å². The first-order valence-corrected chi connectivity index (χ1v) is 9.53. The SMILES string of the molecule is CC(O)C1CCN(CC(=O)Nc2ccc(N3CCCCC3)nc2)CC1. The maximum absolute atomic E-state index is 12.2. The van der Waals surface area contributed by atoms with Gasteiger partial charge in [-0.05, 0) is 70.2 Å². The summed E-state index contributed by atoms with van der Waals surface area (Å²) in [7, 11) is 0. The molecule has 3 rings (SSSR count). The Bertz CT molecular complexity index is 547. The molecule has 138 valence electrons. The van der Waals surface area contributed by atoms with Crippen LogP contribution < -0.4 is 10.2 Å². The van der Waals surface area contributed by atoms with Gasteiger partial charge in [-0.1, -0.05) is 0 Å². The van der Waals surface area contributed by atoms with E-state index in [9.17, 15) is 9.90 Å². The van der Waals surface area contributed by atoms with E-state index in [1.807, 2.05) is 19.1 Å². The first kappa shape index (κ1) is 18.1. The Kier molecular flexibility index (Phi) is 6.26. The average Bonchev–Trinajstić information content (AvgIpc) is 2.63. The van der Waals surface area contributed by atoms with Crippen molar-refractivity contribution in [2.75, 3.05) is 42.9 Å². The molecule has 2 fully saturated rings. The number of likely N-dealkylation sites (tertiary alicyclic amines) is 1. The van der Waals surface area contributed by atoms with Crippen molar-refractivity contribution in [3.63, 3.8) is 0 Å². The van der Waals surface area contributed by atoms with E-state index in [2.05, 4.69) is 20.1 Å². The number of carbonyl (C=O) groups excluding carboxylic acids is 1. The lowest BCUT2D eigenvalue weighted by Gasteiger charge is -2.32. The summed E-state index contributed by atoms with van der Waals surface area (Å²) in [6, 6.07) is 3.93. The monoisotopic (exact) mass is 346 g/mol. The molecule has 0 spiro atoms. The number of piperidine rings is 2. The minimum absolute atomic E-state index is 0.00280. The highest BCUT2D eigenvalue weighted by molar-refractivity contribution is 5.92. The quantitative estimate of drug-likeness (QED) is 0.855. The van der Waals surface area contributed by atoms with Gasteiger partial charge in [0, 0.05) is 13.1 Å². The van der Waals surface area contributed by atoms with Crippen LogP contribution in [-0.4, -0.2) is 59.7 Å². The third kappa shape index (κ3) is 5.16. The predicted molar refractivity (Wildman–Crippen MR) is 99.8 cm³/mol. The zero-order valence-electron chi connectivity index (χ0n) is 15.2. The molecule has 6 heteroatoms. The molecule has 0 saturated carbocycles. The van der Waals surface area contributed by atoms with Crippen LogP contribution >= 0.6 is 0 Å². The van der Waals surface area contributed by atoms with Gasteiger partial charge < -0.3 is 15.3 Å². The second kappa shape index (κ2) is 8.63. The van der Waals surface area contributed by atoms with Crippen LogP contribution in [0.25, 0.3) is 0 Å². The lowest BCUT2D eigenvalue weighted by molar-refractivity contribution is -0.117. The van der Waals surface area contributed by atoms with E-state index < -0.39 is 0 Å². The number of aliphatic hydroxyl groups is 1. The van der Waals surface area contributed by atoms with Crippen molar-refractivity contribution in [2.45, 2.75) is 45.1 Å². The van der Waals surface area contributed by atoms with Crippen LogP contribution in [0.2, 0.25) is 0 Å². The van der Waals surface area contributed by atoms with E-state index in [-0.39, 0.29) is 12.0 Å².